The Labute approximate surface area is 90.9 Å². The Kier molecular flexibility index (Phi) is 4.63. The monoisotopic (exact) mass is 239 g/mol. The van der Waals surface area contributed by atoms with Crippen LogP contribution in [0.25, 0.3) is 0 Å². The van der Waals surface area contributed by atoms with E-state index in [9.17, 15) is 14.4 Å². The molecule has 0 aromatic carbocycles. The molecular formula is C8H17NO5S. The summed E-state index contributed by atoms with van der Waals surface area (Å²) in [5.41, 5.74) is 0. The third kappa shape index (κ3) is 2.96. The summed E-state index contributed by atoms with van der Waals surface area (Å²) in [5.74, 6) is -0.440. The minimum Gasteiger partial charge on any atom is -0.396 e. The zero-order chi connectivity index (χ0) is 11.6. The molecule has 1 fully saturated rings. The van der Waals surface area contributed by atoms with Gasteiger partial charge in [0.2, 0.25) is 11.3 Å². The molecule has 5 atom stereocenters. The molecule has 0 bridgehead atoms. The fourth-order valence-corrected chi connectivity index (χ4v) is 2.35. The Morgan fingerprint density at radius 3 is 2.47 bits per heavy atom. The highest BCUT2D eigenvalue weighted by molar-refractivity contribution is 7.76. The molecular weight excluding hydrogens is 222 g/mol. The summed E-state index contributed by atoms with van der Waals surface area (Å²) in [7, 11) is 1.47. The van der Waals surface area contributed by atoms with Crippen molar-refractivity contribution in [2.24, 2.45) is 5.92 Å². The van der Waals surface area contributed by atoms with Crippen molar-refractivity contribution in [1.29, 1.82) is 0 Å². The number of hydrogen-bond donors (Lipinski definition) is 4. The van der Waals surface area contributed by atoms with E-state index in [0.717, 1.165) is 0 Å². The van der Waals surface area contributed by atoms with Crippen molar-refractivity contribution in [3.8, 4) is 0 Å². The van der Waals surface area contributed by atoms with Crippen molar-refractivity contribution in [2.45, 2.75) is 31.1 Å². The molecule has 0 amide bonds. The molecule has 4 N–H and O–H groups in total. The van der Waals surface area contributed by atoms with Crippen LogP contribution in [0.5, 0.6) is 0 Å². The van der Waals surface area contributed by atoms with Gasteiger partial charge < -0.3 is 15.3 Å². The summed E-state index contributed by atoms with van der Waals surface area (Å²) >= 11 is -2.09. The van der Waals surface area contributed by atoms with Crippen LogP contribution in [0.3, 0.4) is 0 Å². The molecule has 15 heavy (non-hydrogen) atoms. The van der Waals surface area contributed by atoms with Gasteiger partial charge in [-0.2, -0.15) is 0 Å². The van der Waals surface area contributed by atoms with E-state index >= 15 is 0 Å². The SMILES string of the molecule is CN([C@@H]1CC(O)[C@H](O)C(CO)C1)S(=O)O. The maximum atomic E-state index is 10.8. The van der Waals surface area contributed by atoms with E-state index in [1.54, 1.807) is 0 Å². The van der Waals surface area contributed by atoms with E-state index in [-0.39, 0.29) is 19.1 Å². The number of aliphatic hydroxyl groups excluding tert-OH is 3. The van der Waals surface area contributed by atoms with Gasteiger partial charge in [0.15, 0.2) is 0 Å². The van der Waals surface area contributed by atoms with Crippen molar-refractivity contribution in [3.05, 3.63) is 0 Å². The summed E-state index contributed by atoms with van der Waals surface area (Å²) in [5, 5.41) is 28.0. The fourth-order valence-electron chi connectivity index (χ4n) is 1.92. The van der Waals surface area contributed by atoms with Crippen LogP contribution in [0.2, 0.25) is 0 Å². The largest absolute Gasteiger partial charge is 0.396 e. The molecule has 0 aromatic heterocycles. The molecule has 0 aliphatic heterocycles. The Morgan fingerprint density at radius 1 is 1.40 bits per heavy atom. The minimum absolute atomic E-state index is 0.235. The lowest BCUT2D eigenvalue weighted by Gasteiger charge is -2.38. The first-order chi connectivity index (χ1) is 6.97. The maximum absolute atomic E-state index is 10.8. The average Bonchev–Trinajstić information content (AvgIpc) is 2.20. The highest BCUT2D eigenvalue weighted by Gasteiger charge is 2.37. The van der Waals surface area contributed by atoms with E-state index < -0.39 is 29.4 Å². The Balaban J connectivity index is 2.66. The molecule has 1 aliphatic rings. The Bertz CT molecular complexity index is 239. The predicted molar refractivity (Wildman–Crippen MR) is 54.1 cm³/mol. The van der Waals surface area contributed by atoms with Gasteiger partial charge in [0.1, 0.15) is 0 Å². The molecule has 1 rings (SSSR count). The first-order valence-corrected chi connectivity index (χ1v) is 5.84. The van der Waals surface area contributed by atoms with Crippen LogP contribution in [0, 0.1) is 5.92 Å². The molecule has 1 aliphatic carbocycles. The number of rotatable bonds is 3. The molecule has 1 saturated carbocycles. The summed E-state index contributed by atoms with van der Waals surface area (Å²) < 4.78 is 20.9. The van der Waals surface area contributed by atoms with Gasteiger partial charge in [-0.1, -0.05) is 0 Å². The van der Waals surface area contributed by atoms with Crippen LogP contribution in [0.1, 0.15) is 12.8 Å². The van der Waals surface area contributed by atoms with Gasteiger partial charge in [-0.25, -0.2) is 8.51 Å². The second kappa shape index (κ2) is 5.33. The van der Waals surface area contributed by atoms with Gasteiger partial charge in [0.25, 0.3) is 0 Å². The lowest BCUT2D eigenvalue weighted by molar-refractivity contribution is -0.0738. The third-order valence-corrected chi connectivity index (χ3v) is 3.75. The van der Waals surface area contributed by atoms with Crippen molar-refractivity contribution in [1.82, 2.24) is 4.31 Å². The predicted octanol–water partition coefficient (Wildman–Crippen LogP) is -1.45. The van der Waals surface area contributed by atoms with Crippen molar-refractivity contribution < 1.29 is 24.1 Å². The maximum Gasteiger partial charge on any atom is 0.234 e. The van der Waals surface area contributed by atoms with Gasteiger partial charge in [0.05, 0.1) is 12.2 Å². The smallest absolute Gasteiger partial charge is 0.234 e. The number of nitrogens with zero attached hydrogens (tertiary/aromatic N) is 1. The van der Waals surface area contributed by atoms with E-state index in [2.05, 4.69) is 0 Å². The molecule has 7 heteroatoms. The topological polar surface area (TPSA) is 101 Å². The number of aliphatic hydroxyl groups is 3. The molecule has 3 unspecified atom stereocenters. The average molecular weight is 239 g/mol. The summed E-state index contributed by atoms with van der Waals surface area (Å²) in [6.07, 6.45) is -1.27. The third-order valence-electron chi connectivity index (χ3n) is 2.96. The quantitative estimate of drug-likeness (QED) is 0.451. The van der Waals surface area contributed by atoms with Crippen molar-refractivity contribution in [2.75, 3.05) is 13.7 Å². The summed E-state index contributed by atoms with van der Waals surface area (Å²) in [6, 6.07) is -0.300. The summed E-state index contributed by atoms with van der Waals surface area (Å²) in [6.45, 7) is -0.235. The van der Waals surface area contributed by atoms with Crippen LogP contribution < -0.4 is 0 Å². The number of hydrogen-bond acceptors (Lipinski definition) is 4. The fraction of sp³-hybridized carbons (Fsp3) is 1.00. The van der Waals surface area contributed by atoms with Crippen LogP contribution in [-0.4, -0.2) is 60.3 Å². The van der Waals surface area contributed by atoms with Gasteiger partial charge in [0, 0.05) is 25.6 Å². The zero-order valence-corrected chi connectivity index (χ0v) is 9.30. The normalized spacial score (nSPS) is 39.3. The van der Waals surface area contributed by atoms with E-state index in [4.69, 9.17) is 9.66 Å². The van der Waals surface area contributed by atoms with Crippen LogP contribution in [0.4, 0.5) is 0 Å². The lowest BCUT2D eigenvalue weighted by Crippen LogP contribution is -2.49. The van der Waals surface area contributed by atoms with E-state index in [1.165, 1.54) is 11.4 Å². The zero-order valence-electron chi connectivity index (χ0n) is 8.48. The molecule has 0 heterocycles. The molecule has 0 aromatic rings. The first kappa shape index (κ1) is 13.0. The lowest BCUT2D eigenvalue weighted by atomic mass is 9.82. The van der Waals surface area contributed by atoms with Crippen LogP contribution in [0.15, 0.2) is 0 Å². The Hall–Kier alpha value is -0.0500. The molecule has 0 saturated heterocycles. The van der Waals surface area contributed by atoms with Gasteiger partial charge in [-0.15, -0.1) is 0 Å². The van der Waals surface area contributed by atoms with Crippen LogP contribution >= 0.6 is 0 Å². The standard InChI is InChI=1S/C8H17NO5S/c1-9(15(13)14)6-2-5(4-10)8(12)7(11)3-6/h5-8,10-12H,2-4H2,1H3,(H,13,14)/t5?,6-,7?,8+/m0/s1. The van der Waals surface area contributed by atoms with Crippen molar-refractivity contribution >= 4 is 11.3 Å². The van der Waals surface area contributed by atoms with E-state index in [1.807, 2.05) is 0 Å². The second-order valence-corrected chi connectivity index (χ2v) is 4.94. The summed E-state index contributed by atoms with van der Waals surface area (Å²) in [4.78, 5) is 0. The van der Waals surface area contributed by atoms with E-state index in [0.29, 0.717) is 6.42 Å². The second-order valence-electron chi connectivity index (χ2n) is 3.90. The molecule has 90 valence electrons. The molecule has 0 spiro atoms. The molecule has 0 radical (unpaired) electrons. The molecule has 6 nitrogen and oxygen atoms in total. The minimum atomic E-state index is -2.09. The van der Waals surface area contributed by atoms with Gasteiger partial charge in [-0.05, 0) is 12.8 Å². The van der Waals surface area contributed by atoms with Gasteiger partial charge >= 0.3 is 0 Å². The van der Waals surface area contributed by atoms with Gasteiger partial charge in [-0.3, -0.25) is 4.55 Å². The highest BCUT2D eigenvalue weighted by Crippen LogP contribution is 2.28. The van der Waals surface area contributed by atoms with Crippen LogP contribution in [-0.2, 0) is 11.3 Å². The van der Waals surface area contributed by atoms with Crippen molar-refractivity contribution in [3.63, 3.8) is 0 Å². The Morgan fingerprint density at radius 2 is 2.00 bits per heavy atom. The first-order valence-electron chi connectivity index (χ1n) is 4.78. The highest BCUT2D eigenvalue weighted by atomic mass is 32.2.